The van der Waals surface area contributed by atoms with Gasteiger partial charge in [-0.05, 0) is 82.1 Å². The minimum atomic E-state index is -1.62. The average Bonchev–Trinajstić information content (AvgIpc) is 4.12. The van der Waals surface area contributed by atoms with Crippen molar-refractivity contribution in [3.05, 3.63) is 35.9 Å². The van der Waals surface area contributed by atoms with Crippen LogP contribution in [-0.4, -0.2) is 183 Å². The van der Waals surface area contributed by atoms with Crippen LogP contribution in [0.15, 0.2) is 30.3 Å². The predicted molar refractivity (Wildman–Crippen MR) is 285 cm³/mol. The molecule has 2 fully saturated rings. The third kappa shape index (κ3) is 20.8. The number of nitrogens with two attached hydrogens (primary N) is 1. The van der Waals surface area contributed by atoms with Crippen LogP contribution in [0.5, 0.6) is 0 Å². The summed E-state index contributed by atoms with van der Waals surface area (Å²) < 4.78 is 0. The Morgan fingerprint density at radius 1 is 0.608 bits per heavy atom. The Bertz CT molecular complexity index is 2320. The predicted octanol–water partition coefficient (Wildman–Crippen LogP) is -1.83. The number of carboxylic acid groups (broad SMARTS) is 2. The van der Waals surface area contributed by atoms with Gasteiger partial charge in [0, 0.05) is 25.9 Å². The highest BCUT2D eigenvalue weighted by Crippen LogP contribution is 2.22. The number of likely N-dealkylation sites (tertiary alicyclic amines) is 2. The second kappa shape index (κ2) is 32.0. The molecule has 26 nitrogen and oxygen atoms in total. The van der Waals surface area contributed by atoms with Crippen LogP contribution in [0.1, 0.15) is 119 Å². The molecular formula is C53H83N11O15. The van der Waals surface area contributed by atoms with E-state index in [1.807, 2.05) is 0 Å². The van der Waals surface area contributed by atoms with Gasteiger partial charge in [0.2, 0.25) is 59.1 Å². The number of carboxylic acids is 2. The van der Waals surface area contributed by atoms with Crippen molar-refractivity contribution in [1.82, 2.24) is 52.3 Å². The molecule has 0 saturated carbocycles. The van der Waals surface area contributed by atoms with Crippen LogP contribution in [0.4, 0.5) is 0 Å². The summed E-state index contributed by atoms with van der Waals surface area (Å²) in [5.41, 5.74) is 6.48. The standard InChI is InChI=1S/C53H83N11O15/c1-9-30(6)43(50(75)60-37(53(78)79)24-29(4)5)62-41(66)26-55-45(70)38(27-65)61-44(69)32(8)56-46(71)35(23-28(2)3)58-49(74)40-18-14-22-64(40)52(77)34(19-20-42(67)68)57-47(72)36(25-33-15-11-10-12-16-33)59-48(73)39-17-13-21-63(39)51(76)31(7)54/h10-12,15-16,28-32,34-40,43,65H,9,13-14,17-27,54H2,1-8H3,(H,55,70)(H,56,71)(H,57,72)(H,58,74)(H,59,73)(H,60,75)(H,61,69)(H,62,66)(H,67,68)(H,78,79)/t30-,31-,32-,34-,35-,36-,37-,38-,39-,40-,43-/m0/s1. The first-order chi connectivity index (χ1) is 37.2. The van der Waals surface area contributed by atoms with Gasteiger partial charge >= 0.3 is 11.9 Å². The number of carbonyl (C=O) groups excluding carboxylic acids is 10. The first-order valence-corrected chi connectivity index (χ1v) is 27.0. The quantitative estimate of drug-likeness (QED) is 0.0389. The van der Waals surface area contributed by atoms with Gasteiger partial charge in [0.15, 0.2) is 0 Å². The van der Waals surface area contributed by atoms with E-state index in [9.17, 15) is 72.9 Å². The summed E-state index contributed by atoms with van der Waals surface area (Å²) in [4.78, 5) is 162. The van der Waals surface area contributed by atoms with E-state index in [4.69, 9.17) is 5.73 Å². The van der Waals surface area contributed by atoms with E-state index in [-0.39, 0.29) is 50.6 Å². The van der Waals surface area contributed by atoms with Gasteiger partial charge in [-0.25, -0.2) is 4.79 Å². The van der Waals surface area contributed by atoms with Crippen molar-refractivity contribution in [2.24, 2.45) is 23.5 Å². The molecule has 2 aliphatic rings. The zero-order valence-corrected chi connectivity index (χ0v) is 46.5. The topological polar surface area (TPSA) is 394 Å². The number of hydrogen-bond acceptors (Lipinski definition) is 14. The summed E-state index contributed by atoms with van der Waals surface area (Å²) in [7, 11) is 0. The highest BCUT2D eigenvalue weighted by atomic mass is 16.4. The van der Waals surface area contributed by atoms with Crippen molar-refractivity contribution in [2.45, 2.75) is 180 Å². The zero-order chi connectivity index (χ0) is 59.3. The molecule has 1 aromatic carbocycles. The lowest BCUT2D eigenvalue weighted by Gasteiger charge is -2.31. The number of aliphatic carboxylic acids is 2. The molecule has 0 bridgehead atoms. The minimum Gasteiger partial charge on any atom is -0.481 e. The van der Waals surface area contributed by atoms with Crippen molar-refractivity contribution < 1.29 is 72.9 Å². The summed E-state index contributed by atoms with van der Waals surface area (Å²) in [6.07, 6.45) is 0.917. The number of rotatable bonds is 31. The van der Waals surface area contributed by atoms with Crippen LogP contribution >= 0.6 is 0 Å². The van der Waals surface area contributed by atoms with E-state index < -0.39 is 163 Å². The van der Waals surface area contributed by atoms with Crippen molar-refractivity contribution in [1.29, 1.82) is 0 Å². The SMILES string of the molecule is CC[C@H](C)[C@H](NC(=O)CNC(=O)[C@H](CO)NC(=O)[C@H](C)NC(=O)[C@H](CC(C)C)NC(=O)[C@@H]1CCCN1C(=O)[C@H](CCC(=O)O)NC(=O)[C@H](Cc1ccccc1)NC(=O)[C@@H]1CCCN1C(=O)[C@H](C)N)C(=O)N[C@@H](CC(C)C)C(=O)O. The highest BCUT2D eigenvalue weighted by Gasteiger charge is 2.42. The maximum atomic E-state index is 14.4. The number of nitrogens with one attached hydrogen (secondary N) is 8. The number of aliphatic hydroxyl groups excluding tert-OH is 1. The molecule has 0 radical (unpaired) electrons. The maximum absolute atomic E-state index is 14.4. The molecule has 2 saturated heterocycles. The molecule has 13 N–H and O–H groups in total. The fraction of sp³-hybridized carbons (Fsp3) is 0.660. The van der Waals surface area contributed by atoms with E-state index in [1.54, 1.807) is 71.9 Å². The molecule has 0 aliphatic carbocycles. The molecule has 11 atom stereocenters. The Balaban J connectivity index is 1.71. The van der Waals surface area contributed by atoms with Crippen LogP contribution in [0, 0.1) is 17.8 Å². The molecule has 2 heterocycles. The Hall–Kier alpha value is -7.22. The number of nitrogens with zero attached hydrogens (tertiary/aromatic N) is 2. The van der Waals surface area contributed by atoms with Crippen molar-refractivity contribution in [3.63, 3.8) is 0 Å². The zero-order valence-electron chi connectivity index (χ0n) is 46.5. The van der Waals surface area contributed by atoms with Gasteiger partial charge in [-0.2, -0.15) is 0 Å². The van der Waals surface area contributed by atoms with Crippen LogP contribution in [0.2, 0.25) is 0 Å². The number of amides is 10. The molecule has 1 aromatic rings. The molecule has 0 unspecified atom stereocenters. The van der Waals surface area contributed by atoms with E-state index in [2.05, 4.69) is 42.5 Å². The molecule has 2 aliphatic heterocycles. The van der Waals surface area contributed by atoms with Crippen molar-refractivity contribution in [3.8, 4) is 0 Å². The smallest absolute Gasteiger partial charge is 0.326 e. The van der Waals surface area contributed by atoms with Crippen molar-refractivity contribution in [2.75, 3.05) is 26.2 Å². The molecule has 3 rings (SSSR count). The third-order valence-corrected chi connectivity index (χ3v) is 13.7. The van der Waals surface area contributed by atoms with Gasteiger partial charge in [0.05, 0.1) is 19.2 Å². The highest BCUT2D eigenvalue weighted by molar-refractivity contribution is 5.99. The largest absolute Gasteiger partial charge is 0.481 e. The first-order valence-electron chi connectivity index (χ1n) is 27.0. The lowest BCUT2D eigenvalue weighted by atomic mass is 9.97. The fourth-order valence-corrected chi connectivity index (χ4v) is 9.20. The Morgan fingerprint density at radius 3 is 1.65 bits per heavy atom. The van der Waals surface area contributed by atoms with Gasteiger partial charge in [0.1, 0.15) is 54.4 Å². The molecule has 26 heteroatoms. The number of aliphatic hydroxyl groups is 1. The summed E-state index contributed by atoms with van der Waals surface area (Å²) in [6, 6.07) is -3.68. The Morgan fingerprint density at radius 2 is 1.13 bits per heavy atom. The van der Waals surface area contributed by atoms with Gasteiger partial charge in [-0.3, -0.25) is 52.7 Å². The summed E-state index contributed by atoms with van der Waals surface area (Å²) in [6.45, 7) is 12.0. The number of benzene rings is 1. The Labute approximate surface area is 460 Å². The average molecular weight is 1110 g/mol. The Kier molecular flexibility index (Phi) is 26.8. The maximum Gasteiger partial charge on any atom is 0.326 e. The summed E-state index contributed by atoms with van der Waals surface area (Å²) in [5, 5.41) is 49.4. The minimum absolute atomic E-state index is 0.0253. The van der Waals surface area contributed by atoms with Gasteiger partial charge < -0.3 is 73.4 Å². The summed E-state index contributed by atoms with van der Waals surface area (Å²) >= 11 is 0. The van der Waals surface area contributed by atoms with Crippen molar-refractivity contribution >= 4 is 71.0 Å². The number of carbonyl (C=O) groups is 12. The number of hydrogen-bond donors (Lipinski definition) is 12. The van der Waals surface area contributed by atoms with Crippen LogP contribution in [0.3, 0.4) is 0 Å². The second-order valence-electron chi connectivity index (χ2n) is 21.3. The lowest BCUT2D eigenvalue weighted by molar-refractivity contribution is -0.144. The molecule has 440 valence electrons. The van der Waals surface area contributed by atoms with Gasteiger partial charge in [-0.1, -0.05) is 78.3 Å². The third-order valence-electron chi connectivity index (χ3n) is 13.7. The van der Waals surface area contributed by atoms with E-state index in [0.717, 1.165) is 0 Å². The van der Waals surface area contributed by atoms with Gasteiger partial charge in [-0.15, -0.1) is 0 Å². The monoisotopic (exact) mass is 1110 g/mol. The molecule has 0 aromatic heterocycles. The normalized spacial score (nSPS) is 18.5. The molecule has 10 amide bonds. The van der Waals surface area contributed by atoms with E-state index in [1.165, 1.54) is 23.6 Å². The first kappa shape index (κ1) is 66.1. The van der Waals surface area contributed by atoms with Crippen LogP contribution < -0.4 is 48.3 Å². The van der Waals surface area contributed by atoms with Crippen LogP contribution in [-0.2, 0) is 64.0 Å². The van der Waals surface area contributed by atoms with Crippen LogP contribution in [0.25, 0.3) is 0 Å². The van der Waals surface area contributed by atoms with E-state index in [0.29, 0.717) is 31.2 Å². The molecule has 79 heavy (non-hydrogen) atoms. The summed E-state index contributed by atoms with van der Waals surface area (Å²) in [5.74, 6) is -10.9. The second-order valence-corrected chi connectivity index (χ2v) is 21.3. The lowest BCUT2D eigenvalue weighted by Crippen LogP contribution is -2.60. The molecule has 0 spiro atoms. The van der Waals surface area contributed by atoms with Gasteiger partial charge in [0.25, 0.3) is 0 Å². The van der Waals surface area contributed by atoms with E-state index >= 15 is 0 Å². The fourth-order valence-electron chi connectivity index (χ4n) is 9.20. The molecular weight excluding hydrogens is 1030 g/mol.